The first-order valence-corrected chi connectivity index (χ1v) is 15.0. The lowest BCUT2D eigenvalue weighted by Crippen LogP contribution is -2.30. The van der Waals surface area contributed by atoms with Crippen LogP contribution in [-0.4, -0.2) is 50.4 Å². The third-order valence-electron chi connectivity index (χ3n) is 7.98. The molecule has 0 N–H and O–H groups in total. The molecular formula is C37H41NO4. The van der Waals surface area contributed by atoms with Crippen molar-refractivity contribution in [2.75, 3.05) is 33.4 Å². The zero-order valence-electron chi connectivity index (χ0n) is 24.9. The van der Waals surface area contributed by atoms with Crippen LogP contribution >= 0.6 is 0 Å². The molecule has 0 saturated carbocycles. The number of fused-ring (bicyclic) bond motifs is 2. The molecular weight excluding hydrogens is 522 g/mol. The number of esters is 1. The topological polar surface area (TPSA) is 48.0 Å². The molecule has 0 amide bonds. The van der Waals surface area contributed by atoms with E-state index >= 15 is 0 Å². The molecule has 0 spiro atoms. The maximum atomic E-state index is 12.2. The van der Waals surface area contributed by atoms with Crippen LogP contribution in [0.15, 0.2) is 97.1 Å². The standard InChI is InChI=1S/C37H41NO4/c1-4-40-35(37(39)41-5-2)25-27-15-21-32(22-16-27)42-24-23-38(3)36-33-14-10-9-13-29(33)17-18-30-19-20-31(26-34(30)36)28-11-7-6-8-12-28/h6-16,19-22,26,35-36H,4-5,17-18,23-25H2,1-3H3. The summed E-state index contributed by atoms with van der Waals surface area (Å²) < 4.78 is 17.0. The van der Waals surface area contributed by atoms with Crippen LogP contribution in [0.5, 0.6) is 5.75 Å². The largest absolute Gasteiger partial charge is 0.492 e. The predicted octanol–water partition coefficient (Wildman–Crippen LogP) is 7.06. The van der Waals surface area contributed by atoms with Gasteiger partial charge in [0.2, 0.25) is 0 Å². The summed E-state index contributed by atoms with van der Waals surface area (Å²) in [5.74, 6) is 0.490. The van der Waals surface area contributed by atoms with Crippen molar-refractivity contribution in [3.8, 4) is 16.9 Å². The van der Waals surface area contributed by atoms with Crippen molar-refractivity contribution in [2.24, 2.45) is 0 Å². The fourth-order valence-electron chi connectivity index (χ4n) is 5.85. The Balaban J connectivity index is 1.29. The van der Waals surface area contributed by atoms with Gasteiger partial charge in [0.05, 0.1) is 12.6 Å². The van der Waals surface area contributed by atoms with Gasteiger partial charge >= 0.3 is 5.97 Å². The molecule has 5 rings (SSSR count). The third kappa shape index (κ3) is 7.10. The smallest absolute Gasteiger partial charge is 0.335 e. The first-order chi connectivity index (χ1) is 20.6. The van der Waals surface area contributed by atoms with Gasteiger partial charge in [0.15, 0.2) is 6.10 Å². The molecule has 2 unspecified atom stereocenters. The Morgan fingerprint density at radius 3 is 2.26 bits per heavy atom. The number of likely N-dealkylation sites (N-methyl/N-ethyl adjacent to an activating group) is 1. The number of ether oxygens (including phenoxy) is 3. The highest BCUT2D eigenvalue weighted by molar-refractivity contribution is 5.75. The summed E-state index contributed by atoms with van der Waals surface area (Å²) in [6.07, 6.45) is 1.96. The van der Waals surface area contributed by atoms with E-state index in [9.17, 15) is 4.79 Å². The molecule has 0 radical (unpaired) electrons. The number of rotatable bonds is 12. The van der Waals surface area contributed by atoms with Crippen molar-refractivity contribution in [1.82, 2.24) is 4.90 Å². The number of carbonyl (C=O) groups excluding carboxylic acids is 1. The van der Waals surface area contributed by atoms with Crippen molar-refractivity contribution in [3.63, 3.8) is 0 Å². The Morgan fingerprint density at radius 2 is 1.52 bits per heavy atom. The molecule has 0 heterocycles. The Bertz CT molecular complexity index is 1450. The lowest BCUT2D eigenvalue weighted by molar-refractivity contribution is -0.156. The number of aryl methyl sites for hydroxylation is 2. The van der Waals surface area contributed by atoms with E-state index < -0.39 is 6.10 Å². The normalized spacial score (nSPS) is 14.9. The lowest BCUT2D eigenvalue weighted by atomic mass is 9.91. The molecule has 4 aromatic rings. The summed E-state index contributed by atoms with van der Waals surface area (Å²) in [5.41, 5.74) is 9.06. The summed E-state index contributed by atoms with van der Waals surface area (Å²) in [4.78, 5) is 14.6. The van der Waals surface area contributed by atoms with Gasteiger partial charge in [-0.25, -0.2) is 4.79 Å². The second-order valence-electron chi connectivity index (χ2n) is 10.8. The minimum absolute atomic E-state index is 0.145. The van der Waals surface area contributed by atoms with E-state index in [4.69, 9.17) is 14.2 Å². The zero-order chi connectivity index (χ0) is 29.3. The molecule has 0 aromatic heterocycles. The molecule has 2 atom stereocenters. The first kappa shape index (κ1) is 29.6. The van der Waals surface area contributed by atoms with Gasteiger partial charge in [-0.05, 0) is 90.9 Å². The van der Waals surface area contributed by atoms with E-state index in [1.807, 2.05) is 31.2 Å². The number of nitrogens with zero attached hydrogens (tertiary/aromatic N) is 1. The average Bonchev–Trinajstić information content (AvgIpc) is 3.18. The monoisotopic (exact) mass is 563 g/mol. The highest BCUT2D eigenvalue weighted by atomic mass is 16.6. The summed E-state index contributed by atoms with van der Waals surface area (Å²) in [7, 11) is 2.20. The quantitative estimate of drug-likeness (QED) is 0.173. The van der Waals surface area contributed by atoms with Crippen molar-refractivity contribution in [2.45, 2.75) is 45.3 Å². The van der Waals surface area contributed by atoms with E-state index in [0.717, 1.165) is 30.7 Å². The summed E-state index contributed by atoms with van der Waals surface area (Å²) >= 11 is 0. The zero-order valence-corrected chi connectivity index (χ0v) is 24.9. The van der Waals surface area contributed by atoms with E-state index in [-0.39, 0.29) is 12.0 Å². The molecule has 1 aliphatic rings. The first-order valence-electron chi connectivity index (χ1n) is 15.0. The number of hydrogen-bond donors (Lipinski definition) is 0. The van der Waals surface area contributed by atoms with Crippen LogP contribution in [0, 0.1) is 0 Å². The highest BCUT2D eigenvalue weighted by Crippen LogP contribution is 2.38. The maximum Gasteiger partial charge on any atom is 0.335 e. The molecule has 0 aliphatic heterocycles. The molecule has 4 aromatic carbocycles. The summed E-state index contributed by atoms with van der Waals surface area (Å²) in [6, 6.07) is 34.5. The Labute approximate surface area is 250 Å². The lowest BCUT2D eigenvalue weighted by Gasteiger charge is -2.30. The SMILES string of the molecule is CCOC(=O)C(Cc1ccc(OCCN(C)C2c3ccccc3CCc3ccc(-c4ccccc4)cc32)cc1)OCC. The molecule has 5 heteroatoms. The molecule has 1 aliphatic carbocycles. The number of benzene rings is 4. The van der Waals surface area contributed by atoms with Gasteiger partial charge in [-0.1, -0.05) is 78.9 Å². The van der Waals surface area contributed by atoms with Crippen LogP contribution in [0.3, 0.4) is 0 Å². The van der Waals surface area contributed by atoms with Crippen LogP contribution < -0.4 is 4.74 Å². The minimum atomic E-state index is -0.594. The second kappa shape index (κ2) is 14.3. The van der Waals surface area contributed by atoms with Gasteiger partial charge < -0.3 is 14.2 Å². The summed E-state index contributed by atoms with van der Waals surface area (Å²) in [6.45, 7) is 5.82. The molecule has 5 nitrogen and oxygen atoms in total. The molecule has 0 bridgehead atoms. The molecule has 42 heavy (non-hydrogen) atoms. The van der Waals surface area contributed by atoms with Crippen molar-refractivity contribution < 1.29 is 19.0 Å². The van der Waals surface area contributed by atoms with E-state index in [1.54, 1.807) is 6.92 Å². The summed E-state index contributed by atoms with van der Waals surface area (Å²) in [5, 5.41) is 0. The second-order valence-corrected chi connectivity index (χ2v) is 10.8. The minimum Gasteiger partial charge on any atom is -0.492 e. The Morgan fingerprint density at radius 1 is 0.810 bits per heavy atom. The third-order valence-corrected chi connectivity index (χ3v) is 7.98. The van der Waals surface area contributed by atoms with Gasteiger partial charge in [0.25, 0.3) is 0 Å². The van der Waals surface area contributed by atoms with Crippen molar-refractivity contribution in [3.05, 3.63) is 125 Å². The van der Waals surface area contributed by atoms with Crippen LogP contribution in [0.2, 0.25) is 0 Å². The van der Waals surface area contributed by atoms with Gasteiger partial charge in [-0.15, -0.1) is 0 Å². The highest BCUT2D eigenvalue weighted by Gasteiger charge is 2.27. The average molecular weight is 564 g/mol. The van der Waals surface area contributed by atoms with Crippen LogP contribution in [0.1, 0.15) is 47.7 Å². The van der Waals surface area contributed by atoms with Gasteiger partial charge in [-0.3, -0.25) is 4.90 Å². The predicted molar refractivity (Wildman–Crippen MR) is 168 cm³/mol. The van der Waals surface area contributed by atoms with Gasteiger partial charge in [-0.2, -0.15) is 0 Å². The Hall–Kier alpha value is -3.93. The maximum absolute atomic E-state index is 12.2. The molecule has 0 saturated heterocycles. The van der Waals surface area contributed by atoms with Crippen molar-refractivity contribution >= 4 is 5.97 Å². The van der Waals surface area contributed by atoms with Gasteiger partial charge in [0, 0.05) is 19.6 Å². The van der Waals surface area contributed by atoms with Crippen LogP contribution in [-0.2, 0) is 33.5 Å². The number of carbonyl (C=O) groups is 1. The molecule has 218 valence electrons. The van der Waals surface area contributed by atoms with E-state index in [1.165, 1.54) is 33.4 Å². The van der Waals surface area contributed by atoms with E-state index in [0.29, 0.717) is 26.2 Å². The van der Waals surface area contributed by atoms with E-state index in [2.05, 4.69) is 84.7 Å². The van der Waals surface area contributed by atoms with Crippen LogP contribution in [0.25, 0.3) is 11.1 Å². The molecule has 0 fully saturated rings. The Kier molecular flexibility index (Phi) is 10.1. The number of hydrogen-bond acceptors (Lipinski definition) is 5. The fraction of sp³-hybridized carbons (Fsp3) is 0.324. The van der Waals surface area contributed by atoms with Gasteiger partial charge in [0.1, 0.15) is 12.4 Å². The van der Waals surface area contributed by atoms with Crippen molar-refractivity contribution in [1.29, 1.82) is 0 Å². The fourth-order valence-corrected chi connectivity index (χ4v) is 5.85. The van der Waals surface area contributed by atoms with Crippen LogP contribution in [0.4, 0.5) is 0 Å².